The molecule has 1 aromatic heterocycles. The van der Waals surface area contributed by atoms with Gasteiger partial charge in [0.1, 0.15) is 16.5 Å². The van der Waals surface area contributed by atoms with E-state index in [0.29, 0.717) is 16.3 Å². The molecule has 1 amide bonds. The molecule has 0 radical (unpaired) electrons. The van der Waals surface area contributed by atoms with Crippen LogP contribution in [0.3, 0.4) is 0 Å². The fraction of sp³-hybridized carbons (Fsp3) is 0.0909. The summed E-state index contributed by atoms with van der Waals surface area (Å²) in [5.41, 5.74) is 2.79. The van der Waals surface area contributed by atoms with Gasteiger partial charge in [0.25, 0.3) is 10.9 Å². The van der Waals surface area contributed by atoms with Crippen molar-refractivity contribution < 1.29 is 14.1 Å². The van der Waals surface area contributed by atoms with Gasteiger partial charge in [0.15, 0.2) is 5.58 Å². The molecule has 8 heteroatoms. The van der Waals surface area contributed by atoms with Crippen molar-refractivity contribution in [1.82, 2.24) is 4.98 Å². The van der Waals surface area contributed by atoms with E-state index in [0.717, 1.165) is 22.9 Å². The number of thioether (sulfide) groups is 1. The van der Waals surface area contributed by atoms with Crippen LogP contribution in [0.2, 0.25) is 0 Å². The molecule has 0 fully saturated rings. The van der Waals surface area contributed by atoms with E-state index in [9.17, 15) is 14.9 Å². The molecule has 0 aliphatic heterocycles. The lowest BCUT2D eigenvalue weighted by atomic mass is 10.1. The lowest BCUT2D eigenvalue weighted by molar-refractivity contribution is -0.384. The normalized spacial score (nSPS) is 11.9. The third kappa shape index (κ3) is 4.18. The Bertz CT molecular complexity index is 1190. The van der Waals surface area contributed by atoms with Crippen LogP contribution in [0.4, 0.5) is 11.4 Å². The summed E-state index contributed by atoms with van der Waals surface area (Å²) in [6, 6.07) is 21.2. The Hall–Kier alpha value is -3.65. The predicted molar refractivity (Wildman–Crippen MR) is 116 cm³/mol. The third-order valence-electron chi connectivity index (χ3n) is 4.44. The van der Waals surface area contributed by atoms with Crippen LogP contribution >= 0.6 is 11.8 Å². The Morgan fingerprint density at radius 3 is 2.57 bits per heavy atom. The molecule has 1 N–H and O–H groups in total. The van der Waals surface area contributed by atoms with Crippen LogP contribution in [-0.4, -0.2) is 15.8 Å². The van der Waals surface area contributed by atoms with Gasteiger partial charge in [0.2, 0.25) is 5.91 Å². The number of rotatable bonds is 6. The smallest absolute Gasteiger partial charge is 0.293 e. The molecule has 1 heterocycles. The third-order valence-corrected chi connectivity index (χ3v) is 5.54. The summed E-state index contributed by atoms with van der Waals surface area (Å²) < 4.78 is 5.76. The van der Waals surface area contributed by atoms with Crippen molar-refractivity contribution in [1.29, 1.82) is 0 Å². The number of hydrogen-bond acceptors (Lipinski definition) is 6. The highest BCUT2D eigenvalue weighted by Crippen LogP contribution is 2.38. The number of nitrogens with zero attached hydrogens (tertiary/aromatic N) is 2. The first-order chi connectivity index (χ1) is 14.5. The fourth-order valence-corrected chi connectivity index (χ4v) is 3.95. The number of amides is 1. The van der Waals surface area contributed by atoms with Gasteiger partial charge >= 0.3 is 0 Å². The second-order valence-electron chi connectivity index (χ2n) is 6.62. The molecule has 150 valence electrons. The number of oxazole rings is 1. The number of carbonyl (C=O) groups excluding carboxylic acids is 1. The van der Waals surface area contributed by atoms with Crippen molar-refractivity contribution in [2.24, 2.45) is 0 Å². The molecule has 7 nitrogen and oxygen atoms in total. The van der Waals surface area contributed by atoms with Crippen LogP contribution in [-0.2, 0) is 4.79 Å². The number of nitrogens with one attached hydrogen (secondary N) is 1. The van der Waals surface area contributed by atoms with Gasteiger partial charge in [-0.1, -0.05) is 48.5 Å². The number of nitro groups is 1. The van der Waals surface area contributed by atoms with Crippen molar-refractivity contribution in [2.75, 3.05) is 5.32 Å². The second kappa shape index (κ2) is 8.38. The van der Waals surface area contributed by atoms with Gasteiger partial charge in [-0.3, -0.25) is 14.9 Å². The molecule has 0 aliphatic rings. The lowest BCUT2D eigenvalue weighted by Crippen LogP contribution is -2.19. The van der Waals surface area contributed by atoms with Gasteiger partial charge in [0.05, 0.1) is 4.92 Å². The highest BCUT2D eigenvalue weighted by molar-refractivity contribution is 8.00. The van der Waals surface area contributed by atoms with E-state index in [1.165, 1.54) is 12.1 Å². The zero-order valence-corrected chi connectivity index (χ0v) is 16.8. The first-order valence-corrected chi connectivity index (χ1v) is 10.0. The number of fused-ring (bicyclic) bond motifs is 1. The molecule has 4 rings (SSSR count). The van der Waals surface area contributed by atoms with Crippen molar-refractivity contribution >= 4 is 40.1 Å². The van der Waals surface area contributed by atoms with E-state index in [1.54, 1.807) is 19.1 Å². The number of carbonyl (C=O) groups is 1. The second-order valence-corrected chi connectivity index (χ2v) is 7.68. The molecule has 1 atom stereocenters. The quantitative estimate of drug-likeness (QED) is 0.251. The van der Waals surface area contributed by atoms with Gasteiger partial charge in [-0.2, -0.15) is 0 Å². The van der Waals surface area contributed by atoms with Crippen LogP contribution in [0.25, 0.3) is 11.1 Å². The van der Waals surface area contributed by atoms with E-state index >= 15 is 0 Å². The summed E-state index contributed by atoms with van der Waals surface area (Å²) in [5, 5.41) is 13.7. The molecule has 0 bridgehead atoms. The number of hydrogen-bond donors (Lipinski definition) is 1. The summed E-state index contributed by atoms with van der Waals surface area (Å²) in [6.07, 6.45) is 0. The van der Waals surface area contributed by atoms with E-state index in [-0.39, 0.29) is 11.4 Å². The highest BCUT2D eigenvalue weighted by atomic mass is 32.2. The van der Waals surface area contributed by atoms with Crippen LogP contribution < -0.4 is 5.32 Å². The van der Waals surface area contributed by atoms with E-state index in [1.807, 2.05) is 48.5 Å². The standard InChI is InChI=1S/C22H17N3O4S/c1-14-11-12-16(18(13-14)25(27)28)23-21(26)20(15-7-3-2-4-8-15)30-22-24-17-9-5-6-10-19(17)29-22/h2-13,20H,1H3,(H,23,26). The van der Waals surface area contributed by atoms with Crippen molar-refractivity contribution in [3.05, 3.63) is 94.0 Å². The number of anilines is 1. The zero-order valence-electron chi connectivity index (χ0n) is 15.9. The van der Waals surface area contributed by atoms with E-state index in [2.05, 4.69) is 10.3 Å². The summed E-state index contributed by atoms with van der Waals surface area (Å²) in [7, 11) is 0. The zero-order chi connectivity index (χ0) is 21.1. The Kier molecular flexibility index (Phi) is 5.49. The predicted octanol–water partition coefficient (Wildman–Crippen LogP) is 5.52. The maximum Gasteiger partial charge on any atom is 0.293 e. The Labute approximate surface area is 176 Å². The van der Waals surface area contributed by atoms with Gasteiger partial charge in [0, 0.05) is 6.07 Å². The monoisotopic (exact) mass is 419 g/mol. The summed E-state index contributed by atoms with van der Waals surface area (Å²) in [6.45, 7) is 1.76. The molecule has 0 saturated heterocycles. The molecule has 1 unspecified atom stereocenters. The fourth-order valence-electron chi connectivity index (χ4n) is 3.00. The number of para-hydroxylation sites is 2. The SMILES string of the molecule is Cc1ccc(NC(=O)C(Sc2nc3ccccc3o2)c2ccccc2)c([N+](=O)[O-])c1. The summed E-state index contributed by atoms with van der Waals surface area (Å²) in [5.74, 6) is -0.402. The van der Waals surface area contributed by atoms with E-state index in [4.69, 9.17) is 4.42 Å². The molecular weight excluding hydrogens is 402 g/mol. The van der Waals surface area contributed by atoms with Crippen LogP contribution in [0.1, 0.15) is 16.4 Å². The Morgan fingerprint density at radius 1 is 1.10 bits per heavy atom. The van der Waals surface area contributed by atoms with Gasteiger partial charge in [-0.25, -0.2) is 4.98 Å². The first kappa shape index (κ1) is 19.7. The molecule has 0 aliphatic carbocycles. The topological polar surface area (TPSA) is 98.3 Å². The number of aromatic nitrogens is 1. The number of benzene rings is 3. The summed E-state index contributed by atoms with van der Waals surface area (Å²) in [4.78, 5) is 28.5. The minimum Gasteiger partial charge on any atom is -0.431 e. The summed E-state index contributed by atoms with van der Waals surface area (Å²) >= 11 is 1.15. The lowest BCUT2D eigenvalue weighted by Gasteiger charge is -2.15. The molecule has 0 spiro atoms. The van der Waals surface area contributed by atoms with Crippen LogP contribution in [0, 0.1) is 17.0 Å². The molecule has 4 aromatic rings. The molecule has 3 aromatic carbocycles. The average Bonchev–Trinajstić information content (AvgIpc) is 3.16. The molecular formula is C22H17N3O4S. The van der Waals surface area contributed by atoms with Crippen LogP contribution in [0.15, 0.2) is 82.4 Å². The van der Waals surface area contributed by atoms with Gasteiger partial charge in [-0.15, -0.1) is 0 Å². The minimum absolute atomic E-state index is 0.148. The highest BCUT2D eigenvalue weighted by Gasteiger charge is 2.27. The van der Waals surface area contributed by atoms with Crippen molar-refractivity contribution in [3.8, 4) is 0 Å². The van der Waals surface area contributed by atoms with Gasteiger partial charge in [-0.05, 0) is 48.0 Å². The maximum absolute atomic E-state index is 13.2. The average molecular weight is 419 g/mol. The largest absolute Gasteiger partial charge is 0.431 e. The maximum atomic E-state index is 13.2. The molecule has 30 heavy (non-hydrogen) atoms. The van der Waals surface area contributed by atoms with Gasteiger partial charge < -0.3 is 9.73 Å². The van der Waals surface area contributed by atoms with Crippen molar-refractivity contribution in [2.45, 2.75) is 17.4 Å². The number of aryl methyl sites for hydroxylation is 1. The molecule has 0 saturated carbocycles. The first-order valence-electron chi connectivity index (χ1n) is 9.14. The Balaban J connectivity index is 1.66. The Morgan fingerprint density at radius 2 is 1.83 bits per heavy atom. The van der Waals surface area contributed by atoms with Crippen molar-refractivity contribution in [3.63, 3.8) is 0 Å². The van der Waals surface area contributed by atoms with E-state index < -0.39 is 16.1 Å². The minimum atomic E-state index is -0.708. The van der Waals surface area contributed by atoms with Crippen LogP contribution in [0.5, 0.6) is 0 Å². The number of nitro benzene ring substituents is 1.